The van der Waals surface area contributed by atoms with Crippen molar-refractivity contribution in [3.63, 3.8) is 0 Å². The van der Waals surface area contributed by atoms with Crippen molar-refractivity contribution in [2.75, 3.05) is 24.7 Å². The van der Waals surface area contributed by atoms with Crippen molar-refractivity contribution >= 4 is 52.6 Å². The molecule has 0 aromatic heterocycles. The molecule has 0 aliphatic heterocycles. The van der Waals surface area contributed by atoms with E-state index >= 15 is 0 Å². The molecule has 0 bridgehead atoms. The van der Waals surface area contributed by atoms with Gasteiger partial charge in [0.2, 0.25) is 5.69 Å². The second-order valence-corrected chi connectivity index (χ2v) is 13.4. The Morgan fingerprint density at radius 3 is 1.96 bits per heavy atom. The minimum absolute atomic E-state index is 0.00977. The number of thioether (sulfide) groups is 1. The van der Waals surface area contributed by atoms with Gasteiger partial charge in [0, 0.05) is 11.5 Å². The van der Waals surface area contributed by atoms with Crippen LogP contribution in [0.2, 0.25) is 0 Å². The molecule has 0 fully saturated rings. The van der Waals surface area contributed by atoms with E-state index in [1.165, 1.54) is 23.1 Å². The summed E-state index contributed by atoms with van der Waals surface area (Å²) < 4.78 is 21.6. The van der Waals surface area contributed by atoms with Crippen molar-refractivity contribution in [3.8, 4) is 0 Å². The number of rotatable bonds is 14. The van der Waals surface area contributed by atoms with Gasteiger partial charge in [-0.25, -0.2) is 0 Å². The molecule has 0 amide bonds. The fraction of sp³-hybridized carbons (Fsp3) is 0.875. The zero-order valence-corrected chi connectivity index (χ0v) is 19.7. The minimum atomic E-state index is -2.34. The molecule has 26 heavy (non-hydrogen) atoms. The number of hydrogen-bond donors (Lipinski definition) is 0. The summed E-state index contributed by atoms with van der Waals surface area (Å²) in [5, 5.41) is -0.596. The van der Waals surface area contributed by atoms with Gasteiger partial charge in [-0.05, 0) is 53.3 Å². The second kappa shape index (κ2) is 14.2. The monoisotopic (exact) mass is 446 g/mol. The van der Waals surface area contributed by atoms with E-state index in [0.29, 0.717) is 24.7 Å². The lowest BCUT2D eigenvalue weighted by Crippen LogP contribution is -2.28. The molecule has 0 saturated carbocycles. The highest BCUT2D eigenvalue weighted by atomic mass is 32.9. The first kappa shape index (κ1) is 26.2. The summed E-state index contributed by atoms with van der Waals surface area (Å²) in [4.78, 5) is 24.2. The van der Waals surface area contributed by atoms with Crippen LogP contribution in [-0.4, -0.2) is 54.1 Å². The summed E-state index contributed by atoms with van der Waals surface area (Å²) in [6.45, 7) is 11.9. The molecule has 0 rings (SSSR count). The molecule has 0 saturated heterocycles. The standard InChI is InChI=1S/C16H31O6PS3/c1-7-19-23(24,20-8-2)26-10-9-25-14(16(18)22-13(5)6)11-15(17)21-12(3)4/h12-14H,7-11H2,1-6H3. The Balaban J connectivity index is 4.64. The van der Waals surface area contributed by atoms with Crippen molar-refractivity contribution in [2.24, 2.45) is 0 Å². The maximum atomic E-state index is 12.3. The van der Waals surface area contributed by atoms with Crippen LogP contribution in [0.15, 0.2) is 0 Å². The third-order valence-corrected chi connectivity index (χ3v) is 9.58. The van der Waals surface area contributed by atoms with Crippen molar-refractivity contribution in [1.29, 1.82) is 0 Å². The lowest BCUT2D eigenvalue weighted by atomic mass is 10.3. The van der Waals surface area contributed by atoms with Gasteiger partial charge in [0.25, 0.3) is 0 Å². The Morgan fingerprint density at radius 1 is 0.962 bits per heavy atom. The summed E-state index contributed by atoms with van der Waals surface area (Å²) in [5.41, 5.74) is -2.34. The van der Waals surface area contributed by atoms with Crippen molar-refractivity contribution in [1.82, 2.24) is 0 Å². The van der Waals surface area contributed by atoms with Crippen LogP contribution in [-0.2, 0) is 39.9 Å². The molecule has 0 aliphatic carbocycles. The predicted molar refractivity (Wildman–Crippen MR) is 113 cm³/mol. The molecule has 6 nitrogen and oxygen atoms in total. The summed E-state index contributed by atoms with van der Waals surface area (Å²) in [6, 6.07) is 0. The first-order valence-electron chi connectivity index (χ1n) is 8.68. The van der Waals surface area contributed by atoms with Crippen LogP contribution in [0.1, 0.15) is 48.0 Å². The van der Waals surface area contributed by atoms with Gasteiger partial charge >= 0.3 is 11.9 Å². The molecule has 0 aliphatic rings. The van der Waals surface area contributed by atoms with Crippen molar-refractivity contribution in [3.05, 3.63) is 0 Å². The lowest BCUT2D eigenvalue weighted by molar-refractivity contribution is -0.153. The number of carbonyl (C=O) groups is 2. The first-order chi connectivity index (χ1) is 12.1. The molecule has 10 heteroatoms. The normalized spacial score (nSPS) is 13.1. The number of ether oxygens (including phenoxy) is 2. The minimum Gasteiger partial charge on any atom is -0.463 e. The van der Waals surface area contributed by atoms with E-state index in [4.69, 9.17) is 30.3 Å². The number of hydrogen-bond acceptors (Lipinski definition) is 9. The van der Waals surface area contributed by atoms with Crippen LogP contribution in [0, 0.1) is 0 Å². The summed E-state index contributed by atoms with van der Waals surface area (Å²) in [7, 11) is 0. The van der Waals surface area contributed by atoms with Gasteiger partial charge in [-0.1, -0.05) is 11.4 Å². The zero-order chi connectivity index (χ0) is 20.2. The smallest absolute Gasteiger partial charge is 0.319 e. The summed E-state index contributed by atoms with van der Waals surface area (Å²) in [5.74, 6) is 0.479. The Labute approximate surface area is 170 Å². The van der Waals surface area contributed by atoms with Gasteiger partial charge in [-0.15, -0.1) is 11.8 Å². The van der Waals surface area contributed by atoms with Crippen LogP contribution in [0.5, 0.6) is 0 Å². The summed E-state index contributed by atoms with van der Waals surface area (Å²) in [6.07, 6.45) is -0.458. The molecule has 1 atom stereocenters. The first-order valence-corrected chi connectivity index (χ1v) is 14.0. The number of carbonyl (C=O) groups excluding carboxylic acids is 2. The fourth-order valence-corrected chi connectivity index (χ4v) is 7.97. The van der Waals surface area contributed by atoms with E-state index in [2.05, 4.69) is 0 Å². The third-order valence-electron chi connectivity index (χ3n) is 2.56. The largest absolute Gasteiger partial charge is 0.463 e. The zero-order valence-electron chi connectivity index (χ0n) is 16.4. The van der Waals surface area contributed by atoms with Gasteiger partial charge in [0.05, 0.1) is 31.8 Å². The molecule has 0 N–H and O–H groups in total. The highest BCUT2D eigenvalue weighted by molar-refractivity contribution is 8.68. The number of esters is 2. The van der Waals surface area contributed by atoms with Gasteiger partial charge in [-0.2, -0.15) is 0 Å². The van der Waals surface area contributed by atoms with Crippen LogP contribution in [0.3, 0.4) is 0 Å². The molecule has 0 radical (unpaired) electrons. The topological polar surface area (TPSA) is 71.1 Å². The van der Waals surface area contributed by atoms with E-state index in [0.717, 1.165) is 0 Å². The molecular formula is C16H31O6PS3. The van der Waals surface area contributed by atoms with Crippen LogP contribution < -0.4 is 0 Å². The molecule has 0 aromatic carbocycles. The van der Waals surface area contributed by atoms with E-state index in [1.807, 2.05) is 13.8 Å². The average molecular weight is 447 g/mol. The van der Waals surface area contributed by atoms with Crippen molar-refractivity contribution in [2.45, 2.75) is 65.4 Å². The fourth-order valence-electron chi connectivity index (χ4n) is 1.75. The lowest BCUT2D eigenvalue weighted by Gasteiger charge is -2.21. The Hall–Kier alpha value is 0.210. The van der Waals surface area contributed by atoms with Crippen molar-refractivity contribution < 1.29 is 28.1 Å². The quantitative estimate of drug-likeness (QED) is 0.219. The van der Waals surface area contributed by atoms with Gasteiger partial charge < -0.3 is 18.5 Å². The van der Waals surface area contributed by atoms with E-state index in [1.54, 1.807) is 27.7 Å². The Kier molecular flexibility index (Phi) is 14.4. The summed E-state index contributed by atoms with van der Waals surface area (Å²) >= 11 is 8.29. The van der Waals surface area contributed by atoms with E-state index in [-0.39, 0.29) is 18.6 Å². The van der Waals surface area contributed by atoms with Crippen LogP contribution in [0.4, 0.5) is 0 Å². The molecule has 0 spiro atoms. The van der Waals surface area contributed by atoms with Crippen LogP contribution >= 0.6 is 28.8 Å². The Bertz CT molecular complexity index is 463. The second-order valence-electron chi connectivity index (χ2n) is 5.70. The molecule has 0 aromatic rings. The maximum absolute atomic E-state index is 12.3. The predicted octanol–water partition coefficient (Wildman–Crippen LogP) is 4.41. The van der Waals surface area contributed by atoms with Gasteiger partial charge in [0.15, 0.2) is 0 Å². The Morgan fingerprint density at radius 2 is 1.50 bits per heavy atom. The average Bonchev–Trinajstić information content (AvgIpc) is 2.49. The highest BCUT2D eigenvalue weighted by Gasteiger charge is 2.26. The van der Waals surface area contributed by atoms with Gasteiger partial charge in [-0.3, -0.25) is 9.59 Å². The van der Waals surface area contributed by atoms with Crippen LogP contribution in [0.25, 0.3) is 0 Å². The molecule has 0 heterocycles. The van der Waals surface area contributed by atoms with Gasteiger partial charge in [0.1, 0.15) is 5.25 Å². The SMILES string of the molecule is CCOP(=S)(OCC)SCCSC(CC(=O)OC(C)C)C(=O)OC(C)C. The molecule has 154 valence electrons. The van der Waals surface area contributed by atoms with E-state index in [9.17, 15) is 9.59 Å². The molecule has 1 unspecified atom stereocenters. The molecular weight excluding hydrogens is 415 g/mol. The highest BCUT2D eigenvalue weighted by Crippen LogP contribution is 2.60. The van der Waals surface area contributed by atoms with E-state index < -0.39 is 22.9 Å². The maximum Gasteiger partial charge on any atom is 0.319 e. The third kappa shape index (κ3) is 12.6.